The molecule has 0 aliphatic rings. The lowest BCUT2D eigenvalue weighted by atomic mass is 10.2. The van der Waals surface area contributed by atoms with E-state index in [1.807, 2.05) is 25.1 Å². The van der Waals surface area contributed by atoms with Crippen LogP contribution >= 0.6 is 0 Å². The van der Waals surface area contributed by atoms with E-state index in [0.29, 0.717) is 11.6 Å². The molecular formula is C13H17N5O. The third-order valence-electron chi connectivity index (χ3n) is 2.62. The Morgan fingerprint density at radius 2 is 1.89 bits per heavy atom. The number of methoxy groups -OCH3 is 1. The molecule has 0 fully saturated rings. The molecule has 0 spiro atoms. The highest BCUT2D eigenvalue weighted by atomic mass is 16.5. The van der Waals surface area contributed by atoms with Crippen LogP contribution < -0.4 is 21.1 Å². The SMILES string of the molecule is CNc1cc(Nc2cc(C)ccc2OC)nc(N)n1. The topological polar surface area (TPSA) is 85.1 Å². The lowest BCUT2D eigenvalue weighted by Gasteiger charge is -2.12. The van der Waals surface area contributed by atoms with Crippen molar-refractivity contribution in [3.63, 3.8) is 0 Å². The molecule has 2 rings (SSSR count). The quantitative estimate of drug-likeness (QED) is 0.780. The second kappa shape index (κ2) is 5.43. The molecule has 4 N–H and O–H groups in total. The van der Waals surface area contributed by atoms with E-state index in [0.717, 1.165) is 17.0 Å². The highest BCUT2D eigenvalue weighted by Gasteiger charge is 2.06. The van der Waals surface area contributed by atoms with Crippen LogP contribution in [0.1, 0.15) is 5.56 Å². The van der Waals surface area contributed by atoms with Crippen LogP contribution in [0.2, 0.25) is 0 Å². The van der Waals surface area contributed by atoms with Gasteiger partial charge in [-0.3, -0.25) is 0 Å². The summed E-state index contributed by atoms with van der Waals surface area (Å²) >= 11 is 0. The van der Waals surface area contributed by atoms with Gasteiger partial charge in [-0.25, -0.2) is 0 Å². The Labute approximate surface area is 112 Å². The van der Waals surface area contributed by atoms with Crippen LogP contribution in [0.25, 0.3) is 0 Å². The van der Waals surface area contributed by atoms with Gasteiger partial charge in [0.15, 0.2) is 0 Å². The summed E-state index contributed by atoms with van der Waals surface area (Å²) < 4.78 is 5.31. The average Bonchev–Trinajstić information content (AvgIpc) is 2.38. The minimum Gasteiger partial charge on any atom is -0.495 e. The van der Waals surface area contributed by atoms with Crippen LogP contribution in [0.5, 0.6) is 5.75 Å². The summed E-state index contributed by atoms with van der Waals surface area (Å²) in [6.07, 6.45) is 0. The predicted octanol–water partition coefficient (Wildman–Crippen LogP) is 2.16. The summed E-state index contributed by atoms with van der Waals surface area (Å²) in [5.74, 6) is 2.22. The van der Waals surface area contributed by atoms with Crippen LogP contribution in [0.3, 0.4) is 0 Å². The van der Waals surface area contributed by atoms with Crippen molar-refractivity contribution in [1.82, 2.24) is 9.97 Å². The average molecular weight is 259 g/mol. The van der Waals surface area contributed by atoms with Crippen molar-refractivity contribution in [3.05, 3.63) is 29.8 Å². The number of nitrogen functional groups attached to an aromatic ring is 1. The standard InChI is InChI=1S/C13H17N5O/c1-8-4-5-10(19-3)9(6-8)16-12-7-11(15-2)17-13(14)18-12/h4-7H,1-3H3,(H4,14,15,16,17,18). The van der Waals surface area contributed by atoms with Crippen LogP contribution in [-0.2, 0) is 0 Å². The van der Waals surface area contributed by atoms with Crippen LogP contribution in [0.4, 0.5) is 23.3 Å². The third-order valence-corrected chi connectivity index (χ3v) is 2.62. The van der Waals surface area contributed by atoms with Crippen molar-refractivity contribution in [2.24, 2.45) is 0 Å². The normalized spacial score (nSPS) is 10.1. The smallest absolute Gasteiger partial charge is 0.223 e. The number of aromatic nitrogens is 2. The zero-order valence-corrected chi connectivity index (χ0v) is 11.2. The summed E-state index contributed by atoms with van der Waals surface area (Å²) in [7, 11) is 3.40. The maximum absolute atomic E-state index is 5.66. The molecule has 6 nitrogen and oxygen atoms in total. The Bertz CT molecular complexity index is 585. The molecular weight excluding hydrogens is 242 g/mol. The molecule has 0 radical (unpaired) electrons. The summed E-state index contributed by atoms with van der Waals surface area (Å²) in [6, 6.07) is 7.65. The fourth-order valence-corrected chi connectivity index (χ4v) is 1.72. The maximum Gasteiger partial charge on any atom is 0.223 e. The number of anilines is 4. The highest BCUT2D eigenvalue weighted by Crippen LogP contribution is 2.28. The lowest BCUT2D eigenvalue weighted by Crippen LogP contribution is -2.04. The van der Waals surface area contributed by atoms with Gasteiger partial charge in [0.2, 0.25) is 5.95 Å². The van der Waals surface area contributed by atoms with Crippen molar-refractivity contribution in [2.75, 3.05) is 30.5 Å². The van der Waals surface area contributed by atoms with E-state index < -0.39 is 0 Å². The van der Waals surface area contributed by atoms with E-state index in [4.69, 9.17) is 10.5 Å². The zero-order valence-electron chi connectivity index (χ0n) is 11.2. The fourth-order valence-electron chi connectivity index (χ4n) is 1.72. The van der Waals surface area contributed by atoms with Gasteiger partial charge in [0, 0.05) is 13.1 Å². The van der Waals surface area contributed by atoms with Gasteiger partial charge in [-0.05, 0) is 24.6 Å². The molecule has 0 saturated carbocycles. The number of nitrogens with two attached hydrogens (primary N) is 1. The highest BCUT2D eigenvalue weighted by molar-refractivity contribution is 5.67. The monoisotopic (exact) mass is 259 g/mol. The van der Waals surface area contributed by atoms with Crippen LogP contribution in [0, 0.1) is 6.92 Å². The van der Waals surface area contributed by atoms with Crippen molar-refractivity contribution in [1.29, 1.82) is 0 Å². The summed E-state index contributed by atoms with van der Waals surface area (Å²) in [6.45, 7) is 2.01. The first-order chi connectivity index (χ1) is 9.12. The number of nitrogens with one attached hydrogen (secondary N) is 2. The molecule has 0 bridgehead atoms. The lowest BCUT2D eigenvalue weighted by molar-refractivity contribution is 0.416. The number of rotatable bonds is 4. The molecule has 0 aliphatic heterocycles. The van der Waals surface area contributed by atoms with Crippen molar-refractivity contribution in [3.8, 4) is 5.75 Å². The molecule has 0 amide bonds. The number of nitrogens with zero attached hydrogens (tertiary/aromatic N) is 2. The van der Waals surface area contributed by atoms with Crippen molar-refractivity contribution < 1.29 is 4.74 Å². The Morgan fingerprint density at radius 1 is 1.16 bits per heavy atom. The van der Waals surface area contributed by atoms with E-state index in [-0.39, 0.29) is 5.95 Å². The summed E-state index contributed by atoms with van der Waals surface area (Å²) in [5, 5.41) is 6.12. The molecule has 1 heterocycles. The van der Waals surface area contributed by atoms with Crippen LogP contribution in [-0.4, -0.2) is 24.1 Å². The van der Waals surface area contributed by atoms with E-state index in [1.165, 1.54) is 0 Å². The largest absolute Gasteiger partial charge is 0.495 e. The molecule has 0 atom stereocenters. The van der Waals surface area contributed by atoms with Gasteiger partial charge in [-0.1, -0.05) is 6.07 Å². The number of ether oxygens (including phenoxy) is 1. The molecule has 6 heteroatoms. The summed E-state index contributed by atoms with van der Waals surface area (Å²) in [4.78, 5) is 8.18. The summed E-state index contributed by atoms with van der Waals surface area (Å²) in [5.41, 5.74) is 7.62. The second-order valence-electron chi connectivity index (χ2n) is 4.08. The Morgan fingerprint density at radius 3 is 2.58 bits per heavy atom. The number of aryl methyl sites for hydroxylation is 1. The fraction of sp³-hybridized carbons (Fsp3) is 0.231. The Kier molecular flexibility index (Phi) is 3.70. The van der Waals surface area contributed by atoms with Gasteiger partial charge in [0.05, 0.1) is 12.8 Å². The van der Waals surface area contributed by atoms with E-state index >= 15 is 0 Å². The van der Waals surface area contributed by atoms with Gasteiger partial charge in [0.25, 0.3) is 0 Å². The molecule has 1 aromatic heterocycles. The maximum atomic E-state index is 5.66. The van der Waals surface area contributed by atoms with E-state index in [9.17, 15) is 0 Å². The Hall–Kier alpha value is -2.50. The first-order valence-corrected chi connectivity index (χ1v) is 5.86. The van der Waals surface area contributed by atoms with Crippen molar-refractivity contribution >= 4 is 23.3 Å². The van der Waals surface area contributed by atoms with Crippen molar-refractivity contribution in [2.45, 2.75) is 6.92 Å². The van der Waals surface area contributed by atoms with Gasteiger partial charge >= 0.3 is 0 Å². The molecule has 0 aliphatic carbocycles. The van der Waals surface area contributed by atoms with E-state index in [1.54, 1.807) is 20.2 Å². The second-order valence-corrected chi connectivity index (χ2v) is 4.08. The number of hydrogen-bond donors (Lipinski definition) is 3. The number of hydrogen-bond acceptors (Lipinski definition) is 6. The third kappa shape index (κ3) is 3.04. The minimum atomic E-state index is 0.209. The zero-order chi connectivity index (χ0) is 13.8. The Balaban J connectivity index is 2.35. The van der Waals surface area contributed by atoms with Crippen LogP contribution in [0.15, 0.2) is 24.3 Å². The molecule has 2 aromatic rings. The van der Waals surface area contributed by atoms with E-state index in [2.05, 4.69) is 20.6 Å². The van der Waals surface area contributed by atoms with Gasteiger partial charge in [0.1, 0.15) is 17.4 Å². The molecule has 19 heavy (non-hydrogen) atoms. The first-order valence-electron chi connectivity index (χ1n) is 5.86. The number of benzene rings is 1. The molecule has 1 aromatic carbocycles. The van der Waals surface area contributed by atoms with Gasteiger partial charge in [-0.15, -0.1) is 0 Å². The van der Waals surface area contributed by atoms with Gasteiger partial charge < -0.3 is 21.1 Å². The van der Waals surface area contributed by atoms with Gasteiger partial charge in [-0.2, -0.15) is 9.97 Å². The molecule has 100 valence electrons. The molecule has 0 saturated heterocycles. The first kappa shape index (κ1) is 12.9. The molecule has 0 unspecified atom stereocenters. The predicted molar refractivity (Wildman–Crippen MR) is 77.0 cm³/mol. The minimum absolute atomic E-state index is 0.209.